The largest absolute Gasteiger partial charge is 0.369 e. The van der Waals surface area contributed by atoms with Crippen LogP contribution in [0.4, 0.5) is 14.9 Å². The zero-order valence-corrected chi connectivity index (χ0v) is 19.5. The maximum atomic E-state index is 14.1. The Bertz CT molecular complexity index is 909. The number of urea groups is 1. The Balaban J connectivity index is 1.37. The molecule has 1 saturated carbocycles. The fourth-order valence-corrected chi connectivity index (χ4v) is 5.27. The van der Waals surface area contributed by atoms with Crippen molar-refractivity contribution in [3.05, 3.63) is 29.6 Å². The van der Waals surface area contributed by atoms with Gasteiger partial charge in [-0.3, -0.25) is 14.5 Å². The molecule has 33 heavy (non-hydrogen) atoms. The van der Waals surface area contributed by atoms with Gasteiger partial charge in [-0.25, -0.2) is 9.18 Å². The molecule has 9 heteroatoms. The number of halogens is 1. The van der Waals surface area contributed by atoms with Gasteiger partial charge in [-0.2, -0.15) is 0 Å². The normalized spacial score (nSPS) is 21.5. The molecule has 2 heterocycles. The maximum Gasteiger partial charge on any atom is 0.325 e. The summed E-state index contributed by atoms with van der Waals surface area (Å²) in [5.41, 5.74) is 0.893. The van der Waals surface area contributed by atoms with Crippen molar-refractivity contribution in [2.45, 2.75) is 57.5 Å². The monoisotopic (exact) mass is 459 g/mol. The molecule has 1 aromatic carbocycles. The minimum absolute atomic E-state index is 0.0133. The molecule has 2 aliphatic heterocycles. The summed E-state index contributed by atoms with van der Waals surface area (Å²) in [4.78, 5) is 43.5. The Labute approximate surface area is 194 Å². The van der Waals surface area contributed by atoms with Gasteiger partial charge >= 0.3 is 6.03 Å². The first kappa shape index (κ1) is 23.5. The molecule has 2 N–H and O–H groups in total. The van der Waals surface area contributed by atoms with Gasteiger partial charge in [-0.15, -0.1) is 0 Å². The molecular formula is C24H34FN5O3. The number of carbonyl (C=O) groups excluding carboxylic acids is 3. The highest BCUT2D eigenvalue weighted by atomic mass is 19.1. The number of hydrogen-bond donors (Lipinski definition) is 2. The van der Waals surface area contributed by atoms with Gasteiger partial charge in [0.15, 0.2) is 0 Å². The summed E-state index contributed by atoms with van der Waals surface area (Å²) in [5.74, 6) is -0.839. The van der Waals surface area contributed by atoms with Gasteiger partial charge < -0.3 is 20.4 Å². The average Bonchev–Trinajstić information content (AvgIpc) is 3.37. The number of anilines is 1. The fourth-order valence-electron chi connectivity index (χ4n) is 5.27. The van der Waals surface area contributed by atoms with Crippen LogP contribution in [0.15, 0.2) is 18.2 Å². The van der Waals surface area contributed by atoms with E-state index in [9.17, 15) is 18.8 Å². The standard InChI is InChI=1S/C24H34FN5O3/c1-3-28-12-14-29(15-13-28)20-7-6-18(25)16-19(20)17(2)26-21(31)8-11-30-22(32)24(27-23(30)33)9-4-5-10-24/h6-7,16-17H,3-5,8-15H2,1-2H3,(H,26,31)(H,27,33). The molecule has 4 amide bonds. The minimum atomic E-state index is -0.765. The van der Waals surface area contributed by atoms with Crippen LogP contribution in [0.1, 0.15) is 57.6 Å². The molecule has 1 unspecified atom stereocenters. The number of imide groups is 1. The van der Waals surface area contributed by atoms with Crippen LogP contribution < -0.4 is 15.5 Å². The zero-order valence-electron chi connectivity index (χ0n) is 19.5. The molecule has 0 aromatic heterocycles. The first-order valence-corrected chi connectivity index (χ1v) is 12.0. The first-order valence-electron chi connectivity index (χ1n) is 12.0. The second-order valence-corrected chi connectivity index (χ2v) is 9.34. The number of likely N-dealkylation sites (N-methyl/N-ethyl adjacent to an activating group) is 1. The van der Waals surface area contributed by atoms with Crippen molar-refractivity contribution in [3.63, 3.8) is 0 Å². The summed E-state index contributed by atoms with van der Waals surface area (Å²) < 4.78 is 14.1. The molecular weight excluding hydrogens is 425 g/mol. The third-order valence-electron chi connectivity index (χ3n) is 7.26. The van der Waals surface area contributed by atoms with Crippen LogP contribution in [-0.4, -0.2) is 72.5 Å². The maximum absolute atomic E-state index is 14.1. The number of carbonyl (C=O) groups is 3. The molecule has 1 aromatic rings. The predicted octanol–water partition coefficient (Wildman–Crippen LogP) is 2.40. The molecule has 2 saturated heterocycles. The van der Waals surface area contributed by atoms with Crippen molar-refractivity contribution in [2.75, 3.05) is 44.2 Å². The van der Waals surface area contributed by atoms with E-state index in [2.05, 4.69) is 27.4 Å². The van der Waals surface area contributed by atoms with Crippen molar-refractivity contribution < 1.29 is 18.8 Å². The number of benzene rings is 1. The number of nitrogens with one attached hydrogen (secondary N) is 2. The van der Waals surface area contributed by atoms with Gasteiger partial charge in [0.25, 0.3) is 5.91 Å². The highest BCUT2D eigenvalue weighted by Gasteiger charge is 2.52. The van der Waals surface area contributed by atoms with Crippen molar-refractivity contribution in [1.82, 2.24) is 20.4 Å². The second-order valence-electron chi connectivity index (χ2n) is 9.34. The lowest BCUT2D eigenvalue weighted by Crippen LogP contribution is -2.46. The van der Waals surface area contributed by atoms with Crippen LogP contribution in [0.3, 0.4) is 0 Å². The van der Waals surface area contributed by atoms with E-state index in [4.69, 9.17) is 0 Å². The molecule has 0 bridgehead atoms. The number of nitrogens with zero attached hydrogens (tertiary/aromatic N) is 3. The Morgan fingerprint density at radius 1 is 1.18 bits per heavy atom. The summed E-state index contributed by atoms with van der Waals surface area (Å²) in [6.07, 6.45) is 3.17. The minimum Gasteiger partial charge on any atom is -0.369 e. The third-order valence-corrected chi connectivity index (χ3v) is 7.26. The van der Waals surface area contributed by atoms with Gasteiger partial charge in [-0.1, -0.05) is 19.8 Å². The van der Waals surface area contributed by atoms with E-state index < -0.39 is 17.6 Å². The third kappa shape index (κ3) is 4.83. The van der Waals surface area contributed by atoms with Crippen LogP contribution in [-0.2, 0) is 9.59 Å². The summed E-state index contributed by atoms with van der Waals surface area (Å²) >= 11 is 0. The second kappa shape index (κ2) is 9.67. The molecule has 1 atom stereocenters. The molecule has 1 aliphatic carbocycles. The van der Waals surface area contributed by atoms with Crippen LogP contribution in [0.25, 0.3) is 0 Å². The molecule has 3 fully saturated rings. The Morgan fingerprint density at radius 3 is 2.55 bits per heavy atom. The highest BCUT2D eigenvalue weighted by Crippen LogP contribution is 2.35. The first-order chi connectivity index (χ1) is 15.8. The molecule has 8 nitrogen and oxygen atoms in total. The van der Waals surface area contributed by atoms with E-state index >= 15 is 0 Å². The van der Waals surface area contributed by atoms with Crippen molar-refractivity contribution >= 4 is 23.5 Å². The topological polar surface area (TPSA) is 85.0 Å². The quantitative estimate of drug-likeness (QED) is 0.612. The van der Waals surface area contributed by atoms with Crippen LogP contribution >= 0.6 is 0 Å². The smallest absolute Gasteiger partial charge is 0.325 e. The Morgan fingerprint density at radius 2 is 1.88 bits per heavy atom. The van der Waals surface area contributed by atoms with Crippen molar-refractivity contribution in [3.8, 4) is 0 Å². The number of amides is 4. The number of piperazine rings is 1. The summed E-state index contributed by atoms with van der Waals surface area (Å²) in [7, 11) is 0. The molecule has 0 radical (unpaired) electrons. The predicted molar refractivity (Wildman–Crippen MR) is 123 cm³/mol. The lowest BCUT2D eigenvalue weighted by Gasteiger charge is -2.37. The SMILES string of the molecule is CCN1CCN(c2ccc(F)cc2C(C)NC(=O)CCN2C(=O)NC3(CCCC3)C2=O)CC1. The molecule has 3 aliphatic rings. The van der Waals surface area contributed by atoms with Crippen molar-refractivity contribution in [2.24, 2.45) is 0 Å². The fraction of sp³-hybridized carbons (Fsp3) is 0.625. The van der Waals surface area contributed by atoms with E-state index in [1.54, 1.807) is 6.07 Å². The van der Waals surface area contributed by atoms with E-state index in [-0.39, 0.29) is 30.6 Å². The van der Waals surface area contributed by atoms with E-state index in [0.29, 0.717) is 12.8 Å². The lowest BCUT2D eigenvalue weighted by molar-refractivity contribution is -0.131. The van der Waals surface area contributed by atoms with E-state index in [0.717, 1.165) is 61.7 Å². The average molecular weight is 460 g/mol. The van der Waals surface area contributed by atoms with Gasteiger partial charge in [-0.05, 0) is 44.5 Å². The van der Waals surface area contributed by atoms with E-state index in [1.807, 2.05) is 6.92 Å². The van der Waals surface area contributed by atoms with Crippen LogP contribution in [0.2, 0.25) is 0 Å². The highest BCUT2D eigenvalue weighted by molar-refractivity contribution is 6.07. The van der Waals surface area contributed by atoms with Crippen molar-refractivity contribution in [1.29, 1.82) is 0 Å². The zero-order chi connectivity index (χ0) is 23.6. The van der Waals surface area contributed by atoms with Gasteiger partial charge in [0.05, 0.1) is 6.04 Å². The molecule has 180 valence electrons. The summed E-state index contributed by atoms with van der Waals surface area (Å²) in [6.45, 7) is 8.61. The van der Waals surface area contributed by atoms with E-state index in [1.165, 1.54) is 12.1 Å². The number of rotatable bonds is 7. The number of hydrogen-bond acceptors (Lipinski definition) is 5. The summed E-state index contributed by atoms with van der Waals surface area (Å²) in [6, 6.07) is 3.89. The van der Waals surface area contributed by atoms with Gasteiger partial charge in [0, 0.05) is 50.4 Å². The van der Waals surface area contributed by atoms with Crippen LogP contribution in [0, 0.1) is 5.82 Å². The van der Waals surface area contributed by atoms with Gasteiger partial charge in [0.1, 0.15) is 11.4 Å². The summed E-state index contributed by atoms with van der Waals surface area (Å²) in [5, 5.41) is 5.76. The Hall–Kier alpha value is -2.68. The van der Waals surface area contributed by atoms with Crippen LogP contribution in [0.5, 0.6) is 0 Å². The molecule has 1 spiro atoms. The molecule has 4 rings (SSSR count). The Kier molecular flexibility index (Phi) is 6.88. The van der Waals surface area contributed by atoms with Gasteiger partial charge in [0.2, 0.25) is 5.91 Å². The lowest BCUT2D eigenvalue weighted by atomic mass is 9.98.